The molecule has 0 radical (unpaired) electrons. The van der Waals surface area contributed by atoms with E-state index in [9.17, 15) is 4.79 Å². The third-order valence-electron chi connectivity index (χ3n) is 3.03. The first-order valence-electron chi connectivity index (χ1n) is 6.83. The van der Waals surface area contributed by atoms with Crippen LogP contribution in [0.5, 0.6) is 5.75 Å². The Morgan fingerprint density at radius 3 is 2.58 bits per heavy atom. The maximum absolute atomic E-state index is 12.1. The number of anilines is 1. The van der Waals surface area contributed by atoms with Crippen molar-refractivity contribution in [1.82, 2.24) is 20.6 Å². The molecule has 2 aromatic carbocycles. The zero-order chi connectivity index (χ0) is 16.9. The number of carbonyl (C=O) groups excluding carboxylic acids is 1. The topological polar surface area (TPSA) is 92.8 Å². The predicted octanol–water partition coefficient (Wildman–Crippen LogP) is 3.19. The van der Waals surface area contributed by atoms with Crippen LogP contribution in [0.15, 0.2) is 42.5 Å². The van der Waals surface area contributed by atoms with Gasteiger partial charge in [0.05, 0.1) is 5.69 Å². The molecular weight excluding hydrogens is 353 g/mol. The maximum Gasteiger partial charge on any atom is 0.262 e. The molecule has 7 nitrogen and oxygen atoms in total. The summed E-state index contributed by atoms with van der Waals surface area (Å²) in [6.07, 6.45) is 0. The summed E-state index contributed by atoms with van der Waals surface area (Å²) in [5.74, 6) is 0.539. The summed E-state index contributed by atoms with van der Waals surface area (Å²) in [7, 11) is 0. The van der Waals surface area contributed by atoms with E-state index in [2.05, 4.69) is 25.9 Å². The second-order valence-electron chi connectivity index (χ2n) is 4.72. The molecule has 0 aliphatic rings. The van der Waals surface area contributed by atoms with Crippen molar-refractivity contribution < 1.29 is 9.53 Å². The summed E-state index contributed by atoms with van der Waals surface area (Å²) in [5, 5.41) is 17.5. The summed E-state index contributed by atoms with van der Waals surface area (Å²) in [6, 6.07) is 11.7. The van der Waals surface area contributed by atoms with E-state index in [-0.39, 0.29) is 12.5 Å². The summed E-state index contributed by atoms with van der Waals surface area (Å²) in [5.41, 5.74) is 1.06. The first-order chi connectivity index (χ1) is 11.6. The van der Waals surface area contributed by atoms with Crippen molar-refractivity contribution in [3.63, 3.8) is 0 Å². The fourth-order valence-corrected chi connectivity index (χ4v) is 2.25. The van der Waals surface area contributed by atoms with E-state index >= 15 is 0 Å². The van der Waals surface area contributed by atoms with Crippen LogP contribution in [0.25, 0.3) is 11.4 Å². The standard InChI is InChI=1S/C15H11Cl2N5O2/c16-9-1-4-11(5-2-9)24-8-14(23)18-13-7-10(17)3-6-12(13)15-19-21-22-20-15/h1-7H,8H2,(H,18,23)(H,19,20,21,22). The second kappa shape index (κ2) is 7.29. The Morgan fingerprint density at radius 2 is 1.88 bits per heavy atom. The smallest absolute Gasteiger partial charge is 0.262 e. The maximum atomic E-state index is 12.1. The van der Waals surface area contributed by atoms with Gasteiger partial charge in [-0.1, -0.05) is 23.2 Å². The van der Waals surface area contributed by atoms with Crippen molar-refractivity contribution >= 4 is 34.8 Å². The molecule has 0 saturated carbocycles. The lowest BCUT2D eigenvalue weighted by Crippen LogP contribution is -2.20. The molecule has 0 fully saturated rings. The van der Waals surface area contributed by atoms with Gasteiger partial charge < -0.3 is 10.1 Å². The minimum atomic E-state index is -0.350. The highest BCUT2D eigenvalue weighted by molar-refractivity contribution is 6.31. The number of ether oxygens (including phenoxy) is 1. The number of amides is 1. The van der Waals surface area contributed by atoms with Crippen LogP contribution in [-0.2, 0) is 4.79 Å². The molecule has 24 heavy (non-hydrogen) atoms. The SMILES string of the molecule is O=C(COc1ccc(Cl)cc1)Nc1cc(Cl)ccc1-c1nn[nH]n1. The average Bonchev–Trinajstić information content (AvgIpc) is 3.09. The van der Waals surface area contributed by atoms with E-state index in [4.69, 9.17) is 27.9 Å². The molecule has 0 spiro atoms. The highest BCUT2D eigenvalue weighted by atomic mass is 35.5. The lowest BCUT2D eigenvalue weighted by Gasteiger charge is -2.10. The van der Waals surface area contributed by atoms with Crippen LogP contribution in [-0.4, -0.2) is 33.1 Å². The van der Waals surface area contributed by atoms with Gasteiger partial charge in [-0.15, -0.1) is 10.2 Å². The van der Waals surface area contributed by atoms with E-state index in [1.807, 2.05) is 0 Å². The van der Waals surface area contributed by atoms with Crippen molar-refractivity contribution in [3.8, 4) is 17.1 Å². The summed E-state index contributed by atoms with van der Waals surface area (Å²) < 4.78 is 5.40. The Balaban J connectivity index is 1.70. The van der Waals surface area contributed by atoms with Gasteiger partial charge in [-0.25, -0.2) is 0 Å². The number of carbonyl (C=O) groups is 1. The number of hydrogen-bond acceptors (Lipinski definition) is 5. The zero-order valence-corrected chi connectivity index (χ0v) is 13.7. The van der Waals surface area contributed by atoms with Crippen LogP contribution < -0.4 is 10.1 Å². The minimum absolute atomic E-state index is 0.167. The Hall–Kier alpha value is -2.64. The quantitative estimate of drug-likeness (QED) is 0.725. The second-order valence-corrected chi connectivity index (χ2v) is 5.59. The van der Waals surface area contributed by atoms with Crippen molar-refractivity contribution in [2.75, 3.05) is 11.9 Å². The van der Waals surface area contributed by atoms with Crippen LogP contribution in [0.4, 0.5) is 5.69 Å². The highest BCUT2D eigenvalue weighted by Gasteiger charge is 2.13. The van der Waals surface area contributed by atoms with Crippen LogP contribution in [0, 0.1) is 0 Å². The van der Waals surface area contributed by atoms with E-state index in [1.165, 1.54) is 0 Å². The van der Waals surface area contributed by atoms with E-state index in [1.54, 1.807) is 42.5 Å². The fourth-order valence-electron chi connectivity index (χ4n) is 1.96. The molecule has 3 aromatic rings. The minimum Gasteiger partial charge on any atom is -0.484 e. The molecule has 1 heterocycles. The van der Waals surface area contributed by atoms with Crippen LogP contribution in [0.1, 0.15) is 0 Å². The van der Waals surface area contributed by atoms with Gasteiger partial charge in [-0.05, 0) is 47.7 Å². The van der Waals surface area contributed by atoms with E-state index < -0.39 is 0 Å². The van der Waals surface area contributed by atoms with Crippen molar-refractivity contribution in [1.29, 1.82) is 0 Å². The van der Waals surface area contributed by atoms with E-state index in [0.29, 0.717) is 32.9 Å². The number of aromatic amines is 1. The Labute approximate surface area is 146 Å². The average molecular weight is 364 g/mol. The van der Waals surface area contributed by atoms with Crippen LogP contribution in [0.2, 0.25) is 10.0 Å². The molecule has 0 bridgehead atoms. The van der Waals surface area contributed by atoms with Gasteiger partial charge in [0, 0.05) is 15.6 Å². The molecule has 1 amide bonds. The molecule has 0 saturated heterocycles. The van der Waals surface area contributed by atoms with Gasteiger partial charge in [0.1, 0.15) is 5.75 Å². The molecule has 0 aliphatic heterocycles. The Kier molecular flexibility index (Phi) is 4.93. The third-order valence-corrected chi connectivity index (χ3v) is 3.51. The normalized spacial score (nSPS) is 10.4. The fraction of sp³-hybridized carbons (Fsp3) is 0.0667. The lowest BCUT2D eigenvalue weighted by molar-refractivity contribution is -0.118. The molecule has 0 aliphatic carbocycles. The first kappa shape index (κ1) is 16.2. The molecule has 0 atom stereocenters. The third kappa shape index (κ3) is 4.01. The molecule has 2 N–H and O–H groups in total. The van der Waals surface area contributed by atoms with Gasteiger partial charge in [-0.2, -0.15) is 5.21 Å². The Morgan fingerprint density at radius 1 is 1.12 bits per heavy atom. The van der Waals surface area contributed by atoms with Crippen molar-refractivity contribution in [2.24, 2.45) is 0 Å². The number of rotatable bonds is 5. The van der Waals surface area contributed by atoms with Gasteiger partial charge in [0.2, 0.25) is 5.82 Å². The monoisotopic (exact) mass is 363 g/mol. The van der Waals surface area contributed by atoms with Gasteiger partial charge in [0.15, 0.2) is 6.61 Å². The summed E-state index contributed by atoms with van der Waals surface area (Å²) in [4.78, 5) is 12.1. The van der Waals surface area contributed by atoms with E-state index in [0.717, 1.165) is 0 Å². The number of benzene rings is 2. The van der Waals surface area contributed by atoms with Crippen molar-refractivity contribution in [3.05, 3.63) is 52.5 Å². The molecule has 1 aromatic heterocycles. The summed E-state index contributed by atoms with van der Waals surface area (Å²) in [6.45, 7) is -0.167. The molecule has 122 valence electrons. The van der Waals surface area contributed by atoms with Crippen LogP contribution >= 0.6 is 23.2 Å². The lowest BCUT2D eigenvalue weighted by atomic mass is 10.1. The number of halogens is 2. The van der Waals surface area contributed by atoms with Gasteiger partial charge >= 0.3 is 0 Å². The molecule has 9 heteroatoms. The number of nitrogens with zero attached hydrogens (tertiary/aromatic N) is 3. The number of nitrogens with one attached hydrogen (secondary N) is 2. The van der Waals surface area contributed by atoms with Gasteiger partial charge in [-0.3, -0.25) is 4.79 Å². The molecule has 3 rings (SSSR count). The largest absolute Gasteiger partial charge is 0.484 e. The number of aromatic nitrogens is 4. The molecular formula is C15H11Cl2N5O2. The molecule has 0 unspecified atom stereocenters. The highest BCUT2D eigenvalue weighted by Crippen LogP contribution is 2.27. The van der Waals surface area contributed by atoms with Crippen molar-refractivity contribution in [2.45, 2.75) is 0 Å². The Bertz CT molecular complexity index is 838. The summed E-state index contributed by atoms with van der Waals surface area (Å²) >= 11 is 11.8. The van der Waals surface area contributed by atoms with Crippen LogP contribution in [0.3, 0.4) is 0 Å². The first-order valence-corrected chi connectivity index (χ1v) is 7.59. The number of H-pyrrole nitrogens is 1. The number of tetrazole rings is 1. The predicted molar refractivity (Wildman–Crippen MR) is 90.2 cm³/mol. The zero-order valence-electron chi connectivity index (χ0n) is 12.2. The van der Waals surface area contributed by atoms with Gasteiger partial charge in [0.25, 0.3) is 5.91 Å². The number of hydrogen-bond donors (Lipinski definition) is 2.